The summed E-state index contributed by atoms with van der Waals surface area (Å²) in [6, 6.07) is 1.47. The van der Waals surface area contributed by atoms with Crippen LogP contribution in [-0.2, 0) is 9.53 Å². The van der Waals surface area contributed by atoms with E-state index in [0.717, 1.165) is 0 Å². The van der Waals surface area contributed by atoms with Crippen LogP contribution >= 0.6 is 0 Å². The number of aromatic nitrogens is 1. The van der Waals surface area contributed by atoms with Crippen LogP contribution in [0.2, 0.25) is 0 Å². The van der Waals surface area contributed by atoms with Gasteiger partial charge in [0.1, 0.15) is 18.6 Å². The van der Waals surface area contributed by atoms with E-state index in [2.05, 4.69) is 4.98 Å². The van der Waals surface area contributed by atoms with Crippen molar-refractivity contribution in [3.05, 3.63) is 27.9 Å². The molecule has 1 aromatic heterocycles. The number of ether oxygens (including phenoxy) is 1. The minimum atomic E-state index is -0.491. The number of rotatable bonds is 6. The van der Waals surface area contributed by atoms with Gasteiger partial charge in [0.05, 0.1) is 11.5 Å². The van der Waals surface area contributed by atoms with Crippen LogP contribution in [0.25, 0.3) is 0 Å². The van der Waals surface area contributed by atoms with Gasteiger partial charge in [0, 0.05) is 12.1 Å². The Kier molecular flexibility index (Phi) is 5.42. The van der Waals surface area contributed by atoms with Crippen LogP contribution in [-0.4, -0.2) is 35.1 Å². The Labute approximate surface area is 117 Å². The highest BCUT2D eigenvalue weighted by atomic mass is 16.6. The van der Waals surface area contributed by atoms with Crippen LogP contribution in [0.15, 0.2) is 12.3 Å². The summed E-state index contributed by atoms with van der Waals surface area (Å²) in [5.41, 5.74) is 0.586. The first-order chi connectivity index (χ1) is 9.36. The highest BCUT2D eigenvalue weighted by Gasteiger charge is 2.20. The van der Waals surface area contributed by atoms with Gasteiger partial charge in [-0.15, -0.1) is 0 Å². The maximum atomic E-state index is 11.6. The van der Waals surface area contributed by atoms with Gasteiger partial charge in [-0.3, -0.25) is 14.9 Å². The minimum absolute atomic E-state index is 0.0204. The summed E-state index contributed by atoms with van der Waals surface area (Å²) >= 11 is 0. The largest absolute Gasteiger partial charge is 0.465 e. The number of carbonyl (C=O) groups is 1. The molecule has 0 saturated carbocycles. The average molecular weight is 281 g/mol. The second-order valence-corrected chi connectivity index (χ2v) is 4.62. The minimum Gasteiger partial charge on any atom is -0.465 e. The van der Waals surface area contributed by atoms with Crippen molar-refractivity contribution in [2.24, 2.45) is 0 Å². The van der Waals surface area contributed by atoms with Crippen molar-refractivity contribution in [1.82, 2.24) is 4.98 Å². The van der Waals surface area contributed by atoms with Gasteiger partial charge in [-0.05, 0) is 33.3 Å². The lowest BCUT2D eigenvalue weighted by molar-refractivity contribution is -0.385. The smallest absolute Gasteiger partial charge is 0.325 e. The van der Waals surface area contributed by atoms with E-state index in [9.17, 15) is 14.9 Å². The Morgan fingerprint density at radius 3 is 2.65 bits per heavy atom. The summed E-state index contributed by atoms with van der Waals surface area (Å²) in [5, 5.41) is 10.7. The Morgan fingerprint density at radius 2 is 2.20 bits per heavy atom. The van der Waals surface area contributed by atoms with Gasteiger partial charge in [-0.2, -0.15) is 0 Å². The van der Waals surface area contributed by atoms with Crippen LogP contribution in [0.3, 0.4) is 0 Å². The zero-order chi connectivity index (χ0) is 15.3. The summed E-state index contributed by atoms with van der Waals surface area (Å²) in [4.78, 5) is 27.7. The SMILES string of the molecule is CCOC(=O)CN(c1ncc([N+](=O)[O-])cc1C)C(C)C. The zero-order valence-electron chi connectivity index (χ0n) is 12.1. The number of pyridine rings is 1. The molecular formula is C13H19N3O4. The molecule has 0 saturated heterocycles. The first kappa shape index (κ1) is 15.9. The molecule has 0 bridgehead atoms. The number of anilines is 1. The monoisotopic (exact) mass is 281 g/mol. The Bertz CT molecular complexity index is 502. The van der Waals surface area contributed by atoms with E-state index in [1.54, 1.807) is 18.7 Å². The van der Waals surface area contributed by atoms with Crippen LogP contribution in [0.1, 0.15) is 26.3 Å². The third-order valence-electron chi connectivity index (χ3n) is 2.75. The second kappa shape index (κ2) is 6.83. The lowest BCUT2D eigenvalue weighted by Gasteiger charge is -2.27. The first-order valence-corrected chi connectivity index (χ1v) is 6.40. The van der Waals surface area contributed by atoms with Crippen molar-refractivity contribution in [1.29, 1.82) is 0 Å². The molecule has 1 rings (SSSR count). The van der Waals surface area contributed by atoms with E-state index in [1.807, 2.05) is 13.8 Å². The molecule has 0 fully saturated rings. The quantitative estimate of drug-likeness (QED) is 0.451. The standard InChI is InChI=1S/C13H19N3O4/c1-5-20-12(17)8-15(9(2)3)13-10(4)6-11(7-14-13)16(18)19/h6-7,9H,5,8H2,1-4H3. The normalized spacial score (nSPS) is 10.4. The molecule has 0 unspecified atom stereocenters. The predicted molar refractivity (Wildman–Crippen MR) is 74.7 cm³/mol. The number of aryl methyl sites for hydroxylation is 1. The van der Waals surface area contributed by atoms with E-state index in [4.69, 9.17) is 4.74 Å². The molecule has 0 radical (unpaired) electrons. The van der Waals surface area contributed by atoms with Crippen LogP contribution in [0.5, 0.6) is 0 Å². The molecule has 0 aliphatic heterocycles. The van der Waals surface area contributed by atoms with Crippen molar-refractivity contribution in [3.63, 3.8) is 0 Å². The number of carbonyl (C=O) groups excluding carboxylic acids is 1. The highest BCUT2D eigenvalue weighted by molar-refractivity contribution is 5.76. The molecule has 0 spiro atoms. The Balaban J connectivity index is 3.03. The van der Waals surface area contributed by atoms with Gasteiger partial charge in [-0.25, -0.2) is 4.98 Å². The van der Waals surface area contributed by atoms with E-state index >= 15 is 0 Å². The molecule has 1 heterocycles. The maximum Gasteiger partial charge on any atom is 0.325 e. The number of hydrogen-bond donors (Lipinski definition) is 0. The molecule has 0 amide bonds. The van der Waals surface area contributed by atoms with Gasteiger partial charge >= 0.3 is 5.97 Å². The molecule has 7 nitrogen and oxygen atoms in total. The molecule has 0 atom stereocenters. The summed E-state index contributed by atoms with van der Waals surface area (Å²) < 4.78 is 4.93. The fourth-order valence-corrected chi connectivity index (χ4v) is 1.80. The molecule has 0 aliphatic carbocycles. The van der Waals surface area contributed by atoms with Crippen molar-refractivity contribution in [3.8, 4) is 0 Å². The summed E-state index contributed by atoms with van der Waals surface area (Å²) in [5.74, 6) is 0.208. The third kappa shape index (κ3) is 3.91. The number of hydrogen-bond acceptors (Lipinski definition) is 6. The molecular weight excluding hydrogens is 262 g/mol. The summed E-state index contributed by atoms with van der Waals surface area (Å²) in [6.45, 7) is 7.70. The van der Waals surface area contributed by atoms with E-state index in [-0.39, 0.29) is 24.2 Å². The molecule has 110 valence electrons. The molecule has 0 aliphatic rings. The first-order valence-electron chi connectivity index (χ1n) is 6.40. The molecule has 7 heteroatoms. The lowest BCUT2D eigenvalue weighted by Crippen LogP contribution is -2.37. The fraction of sp³-hybridized carbons (Fsp3) is 0.538. The van der Waals surface area contributed by atoms with Crippen LogP contribution < -0.4 is 4.90 Å². The van der Waals surface area contributed by atoms with Crippen LogP contribution in [0, 0.1) is 17.0 Å². The molecule has 1 aromatic rings. The van der Waals surface area contributed by atoms with E-state index in [0.29, 0.717) is 18.0 Å². The Morgan fingerprint density at radius 1 is 1.55 bits per heavy atom. The van der Waals surface area contributed by atoms with Crippen molar-refractivity contribution in [2.45, 2.75) is 33.7 Å². The topological polar surface area (TPSA) is 85.6 Å². The number of nitrogens with zero attached hydrogens (tertiary/aromatic N) is 3. The van der Waals surface area contributed by atoms with E-state index in [1.165, 1.54) is 12.3 Å². The van der Waals surface area contributed by atoms with Gasteiger partial charge < -0.3 is 9.64 Å². The third-order valence-corrected chi connectivity index (χ3v) is 2.75. The maximum absolute atomic E-state index is 11.6. The highest BCUT2D eigenvalue weighted by Crippen LogP contribution is 2.23. The summed E-state index contributed by atoms with van der Waals surface area (Å²) in [7, 11) is 0. The molecule has 0 aromatic carbocycles. The molecule has 20 heavy (non-hydrogen) atoms. The Hall–Kier alpha value is -2.18. The van der Waals surface area contributed by atoms with Gasteiger partial charge in [0.2, 0.25) is 0 Å². The van der Waals surface area contributed by atoms with Crippen molar-refractivity contribution < 1.29 is 14.5 Å². The molecule has 0 N–H and O–H groups in total. The van der Waals surface area contributed by atoms with Crippen molar-refractivity contribution in [2.75, 3.05) is 18.1 Å². The average Bonchev–Trinajstić information content (AvgIpc) is 2.36. The number of esters is 1. The van der Waals surface area contributed by atoms with Gasteiger partial charge in [0.25, 0.3) is 5.69 Å². The lowest BCUT2D eigenvalue weighted by atomic mass is 10.2. The van der Waals surface area contributed by atoms with Crippen molar-refractivity contribution >= 4 is 17.5 Å². The van der Waals surface area contributed by atoms with Crippen LogP contribution in [0.4, 0.5) is 11.5 Å². The fourth-order valence-electron chi connectivity index (χ4n) is 1.80. The van der Waals surface area contributed by atoms with Gasteiger partial charge in [-0.1, -0.05) is 0 Å². The predicted octanol–water partition coefficient (Wildman–Crippen LogP) is 2.08. The summed E-state index contributed by atoms with van der Waals surface area (Å²) in [6.07, 6.45) is 1.20. The second-order valence-electron chi connectivity index (χ2n) is 4.62. The number of nitro groups is 1. The van der Waals surface area contributed by atoms with Gasteiger partial charge in [0.15, 0.2) is 0 Å². The zero-order valence-corrected chi connectivity index (χ0v) is 12.1. The van der Waals surface area contributed by atoms with E-state index < -0.39 is 4.92 Å².